The number of ether oxygens (including phenoxy) is 1. The molecule has 0 atom stereocenters. The molecule has 6 nitrogen and oxygen atoms in total. The fourth-order valence-electron chi connectivity index (χ4n) is 1.31. The van der Waals surface area contributed by atoms with E-state index in [-0.39, 0.29) is 20.6 Å². The van der Waals surface area contributed by atoms with Gasteiger partial charge in [-0.05, 0) is 12.1 Å². The van der Waals surface area contributed by atoms with E-state index in [4.69, 9.17) is 28.9 Å². The van der Waals surface area contributed by atoms with E-state index in [9.17, 15) is 13.2 Å². The second kappa shape index (κ2) is 5.96. The molecule has 2 N–H and O–H groups in total. The predicted octanol–water partition coefficient (Wildman–Crippen LogP) is 1.37. The van der Waals surface area contributed by atoms with Crippen molar-refractivity contribution in [3.8, 4) is 0 Å². The molecule has 0 amide bonds. The Kier molecular flexibility index (Phi) is 5.03. The maximum Gasteiger partial charge on any atom is 0.321 e. The maximum atomic E-state index is 12.2. The van der Waals surface area contributed by atoms with Crippen molar-refractivity contribution in [2.45, 2.75) is 4.90 Å². The summed E-state index contributed by atoms with van der Waals surface area (Å²) in [5, 5.41) is -0.219. The molecule has 1 rings (SSSR count). The predicted molar refractivity (Wildman–Crippen MR) is 72.7 cm³/mol. The number of nitrogens with zero attached hydrogens (tertiary/aromatic N) is 1. The molecule has 0 saturated heterocycles. The molecule has 0 aliphatic rings. The van der Waals surface area contributed by atoms with E-state index in [1.165, 1.54) is 19.2 Å². The van der Waals surface area contributed by atoms with E-state index in [2.05, 4.69) is 4.74 Å². The Morgan fingerprint density at radius 1 is 1.37 bits per heavy atom. The molecule has 1 aromatic carbocycles. The third-order valence-electron chi connectivity index (χ3n) is 2.27. The largest absolute Gasteiger partial charge is 0.468 e. The highest BCUT2D eigenvalue weighted by Crippen LogP contribution is 2.33. The minimum absolute atomic E-state index is 0.110. The van der Waals surface area contributed by atoms with Gasteiger partial charge in [-0.1, -0.05) is 23.2 Å². The van der Waals surface area contributed by atoms with Gasteiger partial charge in [-0.3, -0.25) is 4.79 Å². The van der Waals surface area contributed by atoms with Crippen molar-refractivity contribution in [3.63, 3.8) is 0 Å². The number of nitrogens with two attached hydrogens (primary N) is 1. The number of benzene rings is 1. The van der Waals surface area contributed by atoms with E-state index in [0.717, 1.165) is 11.4 Å². The topological polar surface area (TPSA) is 89.7 Å². The molecule has 0 fully saturated rings. The van der Waals surface area contributed by atoms with E-state index < -0.39 is 22.5 Å². The van der Waals surface area contributed by atoms with Crippen LogP contribution < -0.4 is 5.73 Å². The van der Waals surface area contributed by atoms with Crippen LogP contribution in [0.1, 0.15) is 0 Å². The molecular formula is C10H12Cl2N2O4S. The lowest BCUT2D eigenvalue weighted by atomic mass is 10.3. The zero-order valence-corrected chi connectivity index (χ0v) is 12.5. The van der Waals surface area contributed by atoms with Crippen LogP contribution in [0, 0.1) is 0 Å². The number of anilines is 1. The molecule has 0 radical (unpaired) electrons. The van der Waals surface area contributed by atoms with E-state index in [1.807, 2.05) is 0 Å². The molecule has 19 heavy (non-hydrogen) atoms. The zero-order chi connectivity index (χ0) is 14.8. The van der Waals surface area contributed by atoms with Crippen molar-refractivity contribution in [2.75, 3.05) is 26.4 Å². The minimum Gasteiger partial charge on any atom is -0.468 e. The van der Waals surface area contributed by atoms with Crippen LogP contribution >= 0.6 is 23.2 Å². The van der Waals surface area contributed by atoms with Gasteiger partial charge in [0.25, 0.3) is 0 Å². The first kappa shape index (κ1) is 16.0. The second-order valence-corrected chi connectivity index (χ2v) is 6.45. The monoisotopic (exact) mass is 326 g/mol. The lowest BCUT2D eigenvalue weighted by Crippen LogP contribution is -2.33. The average molecular weight is 327 g/mol. The van der Waals surface area contributed by atoms with Crippen molar-refractivity contribution in [2.24, 2.45) is 0 Å². The summed E-state index contributed by atoms with van der Waals surface area (Å²) in [4.78, 5) is 10.8. The number of nitrogen functional groups attached to an aromatic ring is 1. The fourth-order valence-corrected chi connectivity index (χ4v) is 3.60. The normalized spacial score (nSPS) is 11.6. The number of methoxy groups -OCH3 is 1. The molecule has 0 aromatic heterocycles. The smallest absolute Gasteiger partial charge is 0.321 e. The molecular weight excluding hydrogens is 315 g/mol. The summed E-state index contributed by atoms with van der Waals surface area (Å²) in [5.74, 6) is -0.700. The van der Waals surface area contributed by atoms with Crippen LogP contribution in [0.3, 0.4) is 0 Å². The molecule has 0 unspecified atom stereocenters. The summed E-state index contributed by atoms with van der Waals surface area (Å²) in [6.45, 7) is -0.449. The standard InChI is InChI=1S/C10H12Cl2N2O4S/c1-14(5-9(15)18-2)19(16,17)10-7(11)3-6(13)4-8(10)12/h3-4H,5,13H2,1-2H3. The molecule has 0 aliphatic heterocycles. The highest BCUT2D eigenvalue weighted by atomic mass is 35.5. The first-order chi connectivity index (χ1) is 8.70. The van der Waals surface area contributed by atoms with Gasteiger partial charge in [-0.25, -0.2) is 8.42 Å². The number of likely N-dealkylation sites (N-methyl/N-ethyl adjacent to an activating group) is 1. The maximum absolute atomic E-state index is 12.2. The summed E-state index contributed by atoms with van der Waals surface area (Å²) >= 11 is 11.7. The fraction of sp³-hybridized carbons (Fsp3) is 0.300. The molecule has 0 saturated carbocycles. The van der Waals surface area contributed by atoms with Gasteiger partial charge < -0.3 is 10.5 Å². The molecule has 0 spiro atoms. The Bertz CT molecular complexity index is 581. The number of carbonyl (C=O) groups excluding carboxylic acids is 1. The van der Waals surface area contributed by atoms with Crippen LogP contribution in [0.15, 0.2) is 17.0 Å². The molecule has 1 aromatic rings. The molecule has 0 bridgehead atoms. The summed E-state index contributed by atoms with van der Waals surface area (Å²) in [7, 11) is -1.63. The highest BCUT2D eigenvalue weighted by Gasteiger charge is 2.28. The Labute approximate surface area is 121 Å². The van der Waals surface area contributed by atoms with Crippen LogP contribution in [0.5, 0.6) is 0 Å². The van der Waals surface area contributed by atoms with E-state index in [0.29, 0.717) is 0 Å². The summed E-state index contributed by atoms with van der Waals surface area (Å²) in [6, 6.07) is 2.54. The second-order valence-electron chi connectivity index (χ2n) is 3.65. The first-order valence-corrected chi connectivity index (χ1v) is 7.17. The summed E-state index contributed by atoms with van der Waals surface area (Å²) in [6.07, 6.45) is 0. The number of rotatable bonds is 4. The Morgan fingerprint density at radius 3 is 2.26 bits per heavy atom. The molecule has 0 aliphatic carbocycles. The van der Waals surface area contributed by atoms with Gasteiger partial charge >= 0.3 is 5.97 Å². The van der Waals surface area contributed by atoms with Gasteiger partial charge in [0.2, 0.25) is 10.0 Å². The quantitative estimate of drug-likeness (QED) is 0.666. The zero-order valence-electron chi connectivity index (χ0n) is 10.2. The summed E-state index contributed by atoms with van der Waals surface area (Å²) < 4.78 is 29.7. The molecule has 9 heteroatoms. The number of esters is 1. The number of halogens is 2. The van der Waals surface area contributed by atoms with Gasteiger partial charge in [0.1, 0.15) is 11.4 Å². The average Bonchev–Trinajstić information content (AvgIpc) is 2.26. The van der Waals surface area contributed by atoms with Crippen LogP contribution in [0.2, 0.25) is 10.0 Å². The highest BCUT2D eigenvalue weighted by molar-refractivity contribution is 7.89. The van der Waals surface area contributed by atoms with Crippen LogP contribution in [-0.4, -0.2) is 39.4 Å². The Balaban J connectivity index is 3.24. The van der Waals surface area contributed by atoms with Gasteiger partial charge in [0.15, 0.2) is 0 Å². The number of carbonyl (C=O) groups is 1. The first-order valence-electron chi connectivity index (χ1n) is 4.97. The van der Waals surface area contributed by atoms with Crippen LogP contribution in [0.4, 0.5) is 5.69 Å². The van der Waals surface area contributed by atoms with Gasteiger partial charge in [0, 0.05) is 12.7 Å². The summed E-state index contributed by atoms with van der Waals surface area (Å²) in [5.41, 5.74) is 5.74. The van der Waals surface area contributed by atoms with E-state index >= 15 is 0 Å². The van der Waals surface area contributed by atoms with Crippen molar-refractivity contribution < 1.29 is 17.9 Å². The third kappa shape index (κ3) is 3.50. The van der Waals surface area contributed by atoms with Crippen molar-refractivity contribution in [1.29, 1.82) is 0 Å². The van der Waals surface area contributed by atoms with Gasteiger partial charge in [-0.15, -0.1) is 0 Å². The van der Waals surface area contributed by atoms with Crippen LogP contribution in [-0.2, 0) is 19.6 Å². The molecule has 0 heterocycles. The third-order valence-corrected chi connectivity index (χ3v) is 4.99. The number of hydrogen-bond donors (Lipinski definition) is 1. The van der Waals surface area contributed by atoms with Crippen LogP contribution in [0.25, 0.3) is 0 Å². The minimum atomic E-state index is -4.01. The Morgan fingerprint density at radius 2 is 1.84 bits per heavy atom. The Hall–Kier alpha value is -1.02. The van der Waals surface area contributed by atoms with E-state index in [1.54, 1.807) is 0 Å². The number of sulfonamides is 1. The van der Waals surface area contributed by atoms with Crippen molar-refractivity contribution >= 4 is 44.9 Å². The lowest BCUT2D eigenvalue weighted by molar-refractivity contribution is -0.140. The van der Waals surface area contributed by atoms with Gasteiger partial charge in [0.05, 0.1) is 17.2 Å². The van der Waals surface area contributed by atoms with Gasteiger partial charge in [-0.2, -0.15) is 4.31 Å². The lowest BCUT2D eigenvalue weighted by Gasteiger charge is -2.17. The number of hydrogen-bond acceptors (Lipinski definition) is 5. The SMILES string of the molecule is COC(=O)CN(C)S(=O)(=O)c1c(Cl)cc(N)cc1Cl. The van der Waals surface area contributed by atoms with Crippen molar-refractivity contribution in [3.05, 3.63) is 22.2 Å². The molecule has 106 valence electrons. The van der Waals surface area contributed by atoms with Crippen molar-refractivity contribution in [1.82, 2.24) is 4.31 Å².